The molecule has 1 aliphatic rings. The van der Waals surface area contributed by atoms with Crippen LogP contribution in [0.5, 0.6) is 0 Å². The highest BCUT2D eigenvalue weighted by atomic mass is 35.5. The third-order valence-electron chi connectivity index (χ3n) is 1.06. The Morgan fingerprint density at radius 2 is 1.67 bits per heavy atom. The molecule has 0 fully saturated rings. The molecule has 0 atom stereocenters. The number of hydrogen-bond donors (Lipinski definition) is 1. The van der Waals surface area contributed by atoms with Crippen LogP contribution in [0, 0.1) is 0 Å². The van der Waals surface area contributed by atoms with Crippen LogP contribution in [0.2, 0.25) is 0 Å². The van der Waals surface area contributed by atoms with E-state index in [1.807, 2.05) is 0 Å². The minimum atomic E-state index is -0.401. The van der Waals surface area contributed by atoms with Gasteiger partial charge in [0.25, 0.3) is 0 Å². The van der Waals surface area contributed by atoms with Gasteiger partial charge in [0.05, 0.1) is 5.03 Å². The number of halogens is 4. The second-order valence-electron chi connectivity index (χ2n) is 1.83. The number of aliphatic hydroxyl groups excluding tert-OH is 1. The highest BCUT2D eigenvalue weighted by molar-refractivity contribution is 6.46. The summed E-state index contributed by atoms with van der Waals surface area (Å²) in [5.74, 6) is -0.401. The van der Waals surface area contributed by atoms with Crippen LogP contribution in [0.4, 0.5) is 0 Å². The Morgan fingerprint density at radius 1 is 1.08 bits per heavy atom. The molecule has 0 radical (unpaired) electrons. The van der Waals surface area contributed by atoms with E-state index in [4.69, 9.17) is 51.1 Å². The normalized spacial score (nSPS) is 18.8. The summed E-state index contributed by atoms with van der Waals surface area (Å²) < 4.78 is 4.70. The third-order valence-corrected chi connectivity index (χ3v) is 2.55. The summed E-state index contributed by atoms with van der Waals surface area (Å²) in [6.45, 7) is 0. The molecule has 6 heteroatoms. The summed E-state index contributed by atoms with van der Waals surface area (Å²) in [6.07, 6.45) is 1.08. The SMILES string of the molecule is OC1=C(Cl)C(Cl)=COC(Cl)=C1Cl. The van der Waals surface area contributed by atoms with Crippen LogP contribution in [0.3, 0.4) is 0 Å². The molecule has 0 aliphatic carbocycles. The Bertz CT molecular complexity index is 303. The average Bonchev–Trinajstić information content (AvgIpc) is 2.14. The summed E-state index contributed by atoms with van der Waals surface area (Å²) >= 11 is 22.1. The van der Waals surface area contributed by atoms with E-state index < -0.39 is 5.76 Å². The van der Waals surface area contributed by atoms with Crippen LogP contribution >= 0.6 is 46.4 Å². The molecule has 12 heavy (non-hydrogen) atoms. The number of ether oxygens (including phenoxy) is 1. The molecule has 1 heterocycles. The second kappa shape index (κ2) is 3.79. The summed E-state index contributed by atoms with van der Waals surface area (Å²) in [5, 5.41) is 8.82. The van der Waals surface area contributed by atoms with Crippen LogP contribution in [-0.2, 0) is 4.74 Å². The van der Waals surface area contributed by atoms with Crippen LogP contribution < -0.4 is 0 Å². The first kappa shape index (κ1) is 10.1. The summed E-state index contributed by atoms with van der Waals surface area (Å²) in [7, 11) is 0. The standard InChI is InChI=1S/C6H2Cl4O2/c7-2-1-12-6(10)4(9)5(11)3(2)8/h1,11H. The van der Waals surface area contributed by atoms with Gasteiger partial charge in [-0.05, 0) is 11.6 Å². The lowest BCUT2D eigenvalue weighted by molar-refractivity contribution is 0.376. The first-order valence-electron chi connectivity index (χ1n) is 2.71. The van der Waals surface area contributed by atoms with Gasteiger partial charge in [0, 0.05) is 0 Å². The number of aliphatic hydroxyl groups is 1. The van der Waals surface area contributed by atoms with Gasteiger partial charge in [0.2, 0.25) is 5.22 Å². The highest BCUT2D eigenvalue weighted by Gasteiger charge is 2.18. The molecule has 0 aromatic heterocycles. The Morgan fingerprint density at radius 3 is 2.25 bits per heavy atom. The molecular formula is C6H2Cl4O2. The molecule has 0 unspecified atom stereocenters. The molecule has 2 nitrogen and oxygen atoms in total. The van der Waals surface area contributed by atoms with Gasteiger partial charge in [-0.3, -0.25) is 0 Å². The molecule has 0 aromatic rings. The molecule has 0 aromatic carbocycles. The monoisotopic (exact) mass is 246 g/mol. The van der Waals surface area contributed by atoms with E-state index in [1.165, 1.54) is 0 Å². The number of rotatable bonds is 0. The molecule has 0 saturated heterocycles. The van der Waals surface area contributed by atoms with Crippen molar-refractivity contribution in [1.82, 2.24) is 0 Å². The topological polar surface area (TPSA) is 29.5 Å². The van der Waals surface area contributed by atoms with Gasteiger partial charge in [0.1, 0.15) is 16.3 Å². The van der Waals surface area contributed by atoms with Crippen LogP contribution in [-0.4, -0.2) is 5.11 Å². The Hall–Kier alpha value is -0.0200. The molecule has 0 spiro atoms. The first-order chi connectivity index (χ1) is 5.54. The lowest BCUT2D eigenvalue weighted by Crippen LogP contribution is -1.85. The molecule has 1 N–H and O–H groups in total. The van der Waals surface area contributed by atoms with Crippen molar-refractivity contribution in [2.75, 3.05) is 0 Å². The van der Waals surface area contributed by atoms with E-state index in [1.54, 1.807) is 0 Å². The van der Waals surface area contributed by atoms with Crippen LogP contribution in [0.1, 0.15) is 0 Å². The maximum Gasteiger partial charge on any atom is 0.215 e. The number of hydrogen-bond acceptors (Lipinski definition) is 2. The van der Waals surface area contributed by atoms with Crippen molar-refractivity contribution in [2.24, 2.45) is 0 Å². The van der Waals surface area contributed by atoms with Gasteiger partial charge >= 0.3 is 0 Å². The minimum Gasteiger partial charge on any atom is -0.505 e. The lowest BCUT2D eigenvalue weighted by atomic mass is 10.4. The molecule has 0 saturated carbocycles. The van der Waals surface area contributed by atoms with Crippen LogP contribution in [0.15, 0.2) is 32.3 Å². The van der Waals surface area contributed by atoms with E-state index in [0.717, 1.165) is 6.26 Å². The molecule has 0 amide bonds. The summed E-state index contributed by atoms with van der Waals surface area (Å²) in [4.78, 5) is 0. The van der Waals surface area contributed by atoms with Crippen molar-refractivity contribution in [2.45, 2.75) is 0 Å². The lowest BCUT2D eigenvalue weighted by Gasteiger charge is -1.98. The van der Waals surface area contributed by atoms with E-state index in [2.05, 4.69) is 0 Å². The quantitative estimate of drug-likeness (QED) is 0.707. The smallest absolute Gasteiger partial charge is 0.215 e. The van der Waals surface area contributed by atoms with Crippen molar-refractivity contribution in [3.63, 3.8) is 0 Å². The van der Waals surface area contributed by atoms with E-state index >= 15 is 0 Å². The molecule has 1 aliphatic heterocycles. The van der Waals surface area contributed by atoms with Gasteiger partial charge in [-0.1, -0.05) is 34.8 Å². The molecule has 1 rings (SSSR count). The van der Waals surface area contributed by atoms with Gasteiger partial charge < -0.3 is 9.84 Å². The highest BCUT2D eigenvalue weighted by Crippen LogP contribution is 2.33. The predicted octanol–water partition coefficient (Wildman–Crippen LogP) is 3.75. The van der Waals surface area contributed by atoms with Gasteiger partial charge in [-0.15, -0.1) is 0 Å². The zero-order chi connectivity index (χ0) is 9.30. The summed E-state index contributed by atoms with van der Waals surface area (Å²) in [6, 6.07) is 0. The zero-order valence-electron chi connectivity index (χ0n) is 5.44. The largest absolute Gasteiger partial charge is 0.505 e. The fraction of sp³-hybridized carbons (Fsp3) is 0. The maximum atomic E-state index is 9.24. The second-order valence-corrected chi connectivity index (χ2v) is 3.34. The average molecular weight is 248 g/mol. The minimum absolute atomic E-state index is 0.0305. The first-order valence-corrected chi connectivity index (χ1v) is 4.22. The number of allylic oxidation sites excluding steroid dienone is 3. The van der Waals surface area contributed by atoms with Gasteiger partial charge in [-0.25, -0.2) is 0 Å². The van der Waals surface area contributed by atoms with Crippen molar-refractivity contribution in [1.29, 1.82) is 0 Å². The van der Waals surface area contributed by atoms with Crippen LogP contribution in [0.25, 0.3) is 0 Å². The Kier molecular flexibility index (Phi) is 3.18. The maximum absolute atomic E-state index is 9.24. The van der Waals surface area contributed by atoms with Crippen molar-refractivity contribution < 1.29 is 9.84 Å². The van der Waals surface area contributed by atoms with E-state index in [9.17, 15) is 5.11 Å². The predicted molar refractivity (Wildman–Crippen MR) is 49.3 cm³/mol. The fourth-order valence-corrected chi connectivity index (χ4v) is 1.10. The van der Waals surface area contributed by atoms with Crippen molar-refractivity contribution in [3.05, 3.63) is 32.3 Å². The van der Waals surface area contributed by atoms with Gasteiger partial charge in [0.15, 0.2) is 5.76 Å². The Labute approximate surface area is 88.6 Å². The molecule has 0 bridgehead atoms. The van der Waals surface area contributed by atoms with Gasteiger partial charge in [-0.2, -0.15) is 0 Å². The van der Waals surface area contributed by atoms with E-state index in [0.29, 0.717) is 0 Å². The molecular weight excluding hydrogens is 246 g/mol. The fourth-order valence-electron chi connectivity index (χ4n) is 0.509. The molecule has 66 valence electrons. The van der Waals surface area contributed by atoms with Crippen molar-refractivity contribution >= 4 is 46.4 Å². The zero-order valence-corrected chi connectivity index (χ0v) is 8.47. The third kappa shape index (κ3) is 1.83. The van der Waals surface area contributed by atoms with E-state index in [-0.39, 0.29) is 20.3 Å². The Balaban J connectivity index is 3.23. The summed E-state index contributed by atoms with van der Waals surface area (Å²) in [5.41, 5.74) is 0. The van der Waals surface area contributed by atoms with Crippen molar-refractivity contribution in [3.8, 4) is 0 Å².